The molecule has 18 heavy (non-hydrogen) atoms. The van der Waals surface area contributed by atoms with Gasteiger partial charge in [-0.25, -0.2) is 0 Å². The number of hydrogen-bond donors (Lipinski definition) is 1. The quantitative estimate of drug-likeness (QED) is 0.888. The van der Waals surface area contributed by atoms with Crippen molar-refractivity contribution in [1.29, 1.82) is 0 Å². The van der Waals surface area contributed by atoms with E-state index in [4.69, 9.17) is 4.74 Å². The summed E-state index contributed by atoms with van der Waals surface area (Å²) in [5, 5.41) is 3.03. The molecule has 0 aromatic heterocycles. The smallest absolute Gasteiger partial charge is 0.223 e. The molecule has 1 aromatic rings. The second-order valence-electron chi connectivity index (χ2n) is 5.24. The number of amides is 1. The maximum Gasteiger partial charge on any atom is 0.223 e. The van der Waals surface area contributed by atoms with Gasteiger partial charge in [0.2, 0.25) is 5.91 Å². The molecule has 0 bridgehead atoms. The maximum absolute atomic E-state index is 11.8. The highest BCUT2D eigenvalue weighted by Crippen LogP contribution is 2.27. The van der Waals surface area contributed by atoms with Crippen LogP contribution in [0.2, 0.25) is 0 Å². The number of carbonyl (C=O) groups excluding carboxylic acids is 1. The normalized spacial score (nSPS) is 18.4. The lowest BCUT2D eigenvalue weighted by Gasteiger charge is -2.24. The first-order valence-corrected chi connectivity index (χ1v) is 6.85. The number of aryl methyl sites for hydroxylation is 1. The summed E-state index contributed by atoms with van der Waals surface area (Å²) in [6, 6.07) is 6.24. The largest absolute Gasteiger partial charge is 0.493 e. The average molecular weight is 245 g/mol. The highest BCUT2D eigenvalue weighted by molar-refractivity contribution is 5.79. The van der Waals surface area contributed by atoms with E-state index in [0.29, 0.717) is 6.54 Å². The van der Waals surface area contributed by atoms with Crippen LogP contribution in [0.5, 0.6) is 5.75 Å². The van der Waals surface area contributed by atoms with Crippen LogP contribution in [0.25, 0.3) is 0 Å². The van der Waals surface area contributed by atoms with Crippen molar-refractivity contribution in [3.63, 3.8) is 0 Å². The molecule has 1 heterocycles. The molecule has 1 amide bonds. The van der Waals surface area contributed by atoms with Crippen molar-refractivity contribution in [2.45, 2.75) is 38.6 Å². The van der Waals surface area contributed by atoms with Crippen LogP contribution in [0.1, 0.15) is 36.8 Å². The van der Waals surface area contributed by atoms with E-state index in [2.05, 4.69) is 11.4 Å². The number of nitrogens with one attached hydrogen (secondary N) is 1. The van der Waals surface area contributed by atoms with Gasteiger partial charge in [0.25, 0.3) is 0 Å². The fourth-order valence-electron chi connectivity index (χ4n) is 2.53. The van der Waals surface area contributed by atoms with Gasteiger partial charge in [0, 0.05) is 12.5 Å². The van der Waals surface area contributed by atoms with Crippen LogP contribution in [0.3, 0.4) is 0 Å². The van der Waals surface area contributed by atoms with Crippen molar-refractivity contribution in [1.82, 2.24) is 5.32 Å². The molecule has 1 aliphatic carbocycles. The molecule has 0 saturated heterocycles. The van der Waals surface area contributed by atoms with Gasteiger partial charge in [0.1, 0.15) is 5.75 Å². The molecule has 1 fully saturated rings. The average Bonchev–Trinajstić information content (AvgIpc) is 2.34. The lowest BCUT2D eigenvalue weighted by molar-refractivity contribution is -0.127. The highest BCUT2D eigenvalue weighted by Gasteiger charge is 2.24. The molecule has 1 saturated carbocycles. The van der Waals surface area contributed by atoms with Crippen molar-refractivity contribution in [3.8, 4) is 5.75 Å². The predicted molar refractivity (Wildman–Crippen MR) is 69.4 cm³/mol. The summed E-state index contributed by atoms with van der Waals surface area (Å²) in [6.07, 6.45) is 5.49. The number of benzene rings is 1. The van der Waals surface area contributed by atoms with Crippen LogP contribution in [0.15, 0.2) is 18.2 Å². The topological polar surface area (TPSA) is 38.3 Å². The molecule has 0 atom stereocenters. The van der Waals surface area contributed by atoms with Gasteiger partial charge in [-0.15, -0.1) is 0 Å². The first-order valence-electron chi connectivity index (χ1n) is 6.85. The third-order valence-corrected chi connectivity index (χ3v) is 3.92. The zero-order valence-corrected chi connectivity index (χ0v) is 10.6. The molecule has 96 valence electrons. The lowest BCUT2D eigenvalue weighted by Crippen LogP contribution is -2.33. The number of ether oxygens (including phenoxy) is 1. The molecule has 0 unspecified atom stereocenters. The summed E-state index contributed by atoms with van der Waals surface area (Å²) in [5.74, 6) is 1.50. The summed E-state index contributed by atoms with van der Waals surface area (Å²) in [4.78, 5) is 11.8. The lowest BCUT2D eigenvalue weighted by atomic mass is 9.85. The Morgan fingerprint density at radius 3 is 3.00 bits per heavy atom. The minimum Gasteiger partial charge on any atom is -0.493 e. The van der Waals surface area contributed by atoms with Gasteiger partial charge >= 0.3 is 0 Å². The number of fused-ring (bicyclic) bond motifs is 1. The number of rotatable bonds is 3. The Morgan fingerprint density at radius 2 is 2.22 bits per heavy atom. The van der Waals surface area contributed by atoms with E-state index in [9.17, 15) is 4.79 Å². The van der Waals surface area contributed by atoms with Crippen molar-refractivity contribution < 1.29 is 9.53 Å². The molecule has 3 nitrogen and oxygen atoms in total. The number of hydrogen-bond acceptors (Lipinski definition) is 2. The summed E-state index contributed by atoms with van der Waals surface area (Å²) in [7, 11) is 0. The van der Waals surface area contributed by atoms with E-state index < -0.39 is 0 Å². The van der Waals surface area contributed by atoms with Crippen LogP contribution in [-0.4, -0.2) is 12.5 Å². The van der Waals surface area contributed by atoms with Crippen LogP contribution < -0.4 is 10.1 Å². The minimum absolute atomic E-state index is 0.218. The van der Waals surface area contributed by atoms with Gasteiger partial charge in [-0.1, -0.05) is 18.6 Å². The molecular weight excluding hydrogens is 226 g/mol. The minimum atomic E-state index is 0.218. The molecule has 3 heteroatoms. The Balaban J connectivity index is 1.60. The second-order valence-corrected chi connectivity index (χ2v) is 5.24. The van der Waals surface area contributed by atoms with Gasteiger partial charge in [0.05, 0.1) is 6.61 Å². The second kappa shape index (κ2) is 5.01. The Labute approximate surface area is 108 Å². The van der Waals surface area contributed by atoms with Crippen molar-refractivity contribution >= 4 is 5.91 Å². The van der Waals surface area contributed by atoms with E-state index in [0.717, 1.165) is 38.0 Å². The molecule has 2 aliphatic rings. The Morgan fingerprint density at radius 1 is 1.33 bits per heavy atom. The summed E-state index contributed by atoms with van der Waals surface area (Å²) in [6.45, 7) is 1.47. The van der Waals surface area contributed by atoms with Crippen LogP contribution in [0.4, 0.5) is 0 Å². The first-order chi connectivity index (χ1) is 8.83. The van der Waals surface area contributed by atoms with E-state index in [1.165, 1.54) is 17.5 Å². The van der Waals surface area contributed by atoms with E-state index in [1.807, 2.05) is 12.1 Å². The van der Waals surface area contributed by atoms with Gasteiger partial charge in [-0.05, 0) is 42.9 Å². The first kappa shape index (κ1) is 11.6. The summed E-state index contributed by atoms with van der Waals surface area (Å²) >= 11 is 0. The molecule has 3 rings (SSSR count). The SMILES string of the molecule is O=C(NCc1ccc2c(c1)CCCO2)C1CCC1. The summed E-state index contributed by atoms with van der Waals surface area (Å²) in [5.41, 5.74) is 2.45. The van der Waals surface area contributed by atoms with E-state index in [-0.39, 0.29) is 11.8 Å². The zero-order chi connectivity index (χ0) is 12.4. The molecule has 1 aromatic carbocycles. The van der Waals surface area contributed by atoms with Gasteiger partial charge in [-0.3, -0.25) is 4.79 Å². The summed E-state index contributed by atoms with van der Waals surface area (Å²) < 4.78 is 5.58. The van der Waals surface area contributed by atoms with E-state index >= 15 is 0 Å². The van der Waals surface area contributed by atoms with Gasteiger partial charge < -0.3 is 10.1 Å². The van der Waals surface area contributed by atoms with Crippen molar-refractivity contribution in [2.24, 2.45) is 5.92 Å². The maximum atomic E-state index is 11.8. The predicted octanol–water partition coefficient (Wildman–Crippen LogP) is 2.43. The fourth-order valence-corrected chi connectivity index (χ4v) is 2.53. The number of carbonyl (C=O) groups is 1. The Kier molecular flexibility index (Phi) is 3.22. The molecular formula is C15H19NO2. The molecule has 0 radical (unpaired) electrons. The van der Waals surface area contributed by atoms with Crippen LogP contribution in [-0.2, 0) is 17.8 Å². The Hall–Kier alpha value is -1.51. The van der Waals surface area contributed by atoms with Crippen molar-refractivity contribution in [2.75, 3.05) is 6.61 Å². The molecule has 0 spiro atoms. The third kappa shape index (κ3) is 2.35. The van der Waals surface area contributed by atoms with E-state index in [1.54, 1.807) is 0 Å². The monoisotopic (exact) mass is 245 g/mol. The molecule has 1 N–H and O–H groups in total. The van der Waals surface area contributed by atoms with Crippen molar-refractivity contribution in [3.05, 3.63) is 29.3 Å². The fraction of sp³-hybridized carbons (Fsp3) is 0.533. The highest BCUT2D eigenvalue weighted by atomic mass is 16.5. The van der Waals surface area contributed by atoms with Gasteiger partial charge in [0.15, 0.2) is 0 Å². The third-order valence-electron chi connectivity index (χ3n) is 3.92. The van der Waals surface area contributed by atoms with Gasteiger partial charge in [-0.2, -0.15) is 0 Å². The Bertz CT molecular complexity index is 452. The molecule has 1 aliphatic heterocycles. The standard InChI is InChI=1S/C15H19NO2/c17-15(12-3-1-4-12)16-10-11-6-7-14-13(9-11)5-2-8-18-14/h6-7,9,12H,1-5,8,10H2,(H,16,17). The van der Waals surface area contributed by atoms with Crippen LogP contribution in [0, 0.1) is 5.92 Å². The zero-order valence-electron chi connectivity index (χ0n) is 10.6. The van der Waals surface area contributed by atoms with Crippen LogP contribution >= 0.6 is 0 Å².